The molecule has 0 atom stereocenters. The Morgan fingerprint density at radius 1 is 1.37 bits per heavy atom. The lowest BCUT2D eigenvalue weighted by Gasteiger charge is -2.22. The fourth-order valence-corrected chi connectivity index (χ4v) is 6.25. The maximum Gasteiger partial charge on any atom is 0.252 e. The Morgan fingerprint density at radius 3 is 2.63 bits per heavy atom. The van der Waals surface area contributed by atoms with Crippen molar-refractivity contribution in [3.05, 3.63) is 14.9 Å². The first-order valence-electron chi connectivity index (χ1n) is 6.17. The largest absolute Gasteiger partial charge is 0.252 e. The van der Waals surface area contributed by atoms with Crippen LogP contribution < -0.4 is 0 Å². The maximum atomic E-state index is 12.6. The molecule has 2 heterocycles. The topological polar surface area (TPSA) is 37.4 Å². The minimum Gasteiger partial charge on any atom is -0.206 e. The molecular formula is C12H17BrClNO2S2. The van der Waals surface area contributed by atoms with Crippen LogP contribution in [0.15, 0.2) is 14.1 Å². The van der Waals surface area contributed by atoms with Gasteiger partial charge in [0, 0.05) is 13.1 Å². The van der Waals surface area contributed by atoms with E-state index in [9.17, 15) is 8.42 Å². The minimum atomic E-state index is -3.40. The predicted octanol–water partition coefficient (Wildman–Crippen LogP) is 4.36. The molecule has 1 aromatic heterocycles. The van der Waals surface area contributed by atoms with Gasteiger partial charge in [-0.3, -0.25) is 0 Å². The zero-order valence-corrected chi connectivity index (χ0v) is 14.9. The fourth-order valence-electron chi connectivity index (χ4n) is 2.22. The van der Waals surface area contributed by atoms with Crippen LogP contribution in [0, 0.1) is 5.41 Å². The highest BCUT2D eigenvalue weighted by Gasteiger charge is 2.31. The first-order valence-corrected chi connectivity index (χ1v) is 9.60. The van der Waals surface area contributed by atoms with Gasteiger partial charge in [-0.1, -0.05) is 25.4 Å². The fraction of sp³-hybridized carbons (Fsp3) is 0.667. The third-order valence-electron chi connectivity index (χ3n) is 3.52. The molecule has 1 fully saturated rings. The number of sulfonamides is 1. The zero-order chi connectivity index (χ0) is 14.3. The Bertz CT molecular complexity index is 549. The average molecular weight is 387 g/mol. The summed E-state index contributed by atoms with van der Waals surface area (Å²) >= 11 is 10.4. The van der Waals surface area contributed by atoms with Crippen LogP contribution in [-0.4, -0.2) is 25.8 Å². The zero-order valence-electron chi connectivity index (χ0n) is 10.9. The average Bonchev–Trinajstić information content (AvgIpc) is 2.54. The number of hydrogen-bond acceptors (Lipinski definition) is 3. The molecule has 2 rings (SSSR count). The molecule has 1 aliphatic heterocycles. The van der Waals surface area contributed by atoms with Crippen LogP contribution in [0.2, 0.25) is 5.02 Å². The molecule has 108 valence electrons. The second kappa shape index (κ2) is 5.64. The van der Waals surface area contributed by atoms with Crippen molar-refractivity contribution in [2.75, 3.05) is 13.1 Å². The second-order valence-corrected chi connectivity index (χ2v) is 10.6. The molecule has 0 radical (unpaired) electrons. The van der Waals surface area contributed by atoms with Crippen molar-refractivity contribution >= 4 is 48.9 Å². The van der Waals surface area contributed by atoms with E-state index in [2.05, 4.69) is 29.8 Å². The molecule has 1 aromatic rings. The monoisotopic (exact) mass is 385 g/mol. The molecule has 0 N–H and O–H groups in total. The van der Waals surface area contributed by atoms with E-state index < -0.39 is 10.0 Å². The predicted molar refractivity (Wildman–Crippen MR) is 83.4 cm³/mol. The van der Waals surface area contributed by atoms with E-state index >= 15 is 0 Å². The van der Waals surface area contributed by atoms with Gasteiger partial charge in [-0.15, -0.1) is 11.3 Å². The summed E-state index contributed by atoms with van der Waals surface area (Å²) in [6, 6.07) is 1.53. The van der Waals surface area contributed by atoms with Gasteiger partial charge < -0.3 is 0 Å². The molecule has 0 bridgehead atoms. The standard InChI is InChI=1S/C12H17BrClNO2S2/c1-12(2)4-3-6-15(7-5-12)19(16,17)10-8-9(14)11(13)18-10/h8H,3-7H2,1-2H3. The Kier molecular flexibility index (Phi) is 4.68. The van der Waals surface area contributed by atoms with E-state index in [1.54, 1.807) is 4.31 Å². The normalized spacial score (nSPS) is 21.3. The van der Waals surface area contributed by atoms with Crippen LogP contribution in [0.3, 0.4) is 0 Å². The van der Waals surface area contributed by atoms with Crippen molar-refractivity contribution in [3.8, 4) is 0 Å². The van der Waals surface area contributed by atoms with Crippen molar-refractivity contribution in [2.24, 2.45) is 5.41 Å². The maximum absolute atomic E-state index is 12.6. The van der Waals surface area contributed by atoms with Crippen LogP contribution in [0.1, 0.15) is 33.1 Å². The van der Waals surface area contributed by atoms with Crippen molar-refractivity contribution in [2.45, 2.75) is 37.3 Å². The Morgan fingerprint density at radius 2 is 2.05 bits per heavy atom. The van der Waals surface area contributed by atoms with Crippen molar-refractivity contribution in [3.63, 3.8) is 0 Å². The number of rotatable bonds is 2. The lowest BCUT2D eigenvalue weighted by atomic mass is 9.85. The molecule has 19 heavy (non-hydrogen) atoms. The highest BCUT2D eigenvalue weighted by Crippen LogP contribution is 2.37. The van der Waals surface area contributed by atoms with Gasteiger partial charge in [-0.2, -0.15) is 4.31 Å². The first kappa shape index (κ1) is 15.8. The summed E-state index contributed by atoms with van der Waals surface area (Å²) in [6.07, 6.45) is 2.87. The number of nitrogens with zero attached hydrogens (tertiary/aromatic N) is 1. The summed E-state index contributed by atoms with van der Waals surface area (Å²) in [5.74, 6) is 0. The highest BCUT2D eigenvalue weighted by molar-refractivity contribution is 9.11. The summed E-state index contributed by atoms with van der Waals surface area (Å²) < 4.78 is 27.7. The smallest absolute Gasteiger partial charge is 0.206 e. The van der Waals surface area contributed by atoms with Crippen LogP contribution in [0.5, 0.6) is 0 Å². The summed E-state index contributed by atoms with van der Waals surface area (Å²) in [4.78, 5) is 0. The van der Waals surface area contributed by atoms with Gasteiger partial charge in [0.05, 0.1) is 8.81 Å². The molecule has 0 spiro atoms. The van der Waals surface area contributed by atoms with Crippen molar-refractivity contribution < 1.29 is 8.42 Å². The molecule has 0 unspecified atom stereocenters. The molecular weight excluding hydrogens is 370 g/mol. The van der Waals surface area contributed by atoms with Crippen LogP contribution in [-0.2, 0) is 10.0 Å². The molecule has 7 heteroatoms. The molecule has 0 aliphatic carbocycles. The molecule has 0 amide bonds. The Balaban J connectivity index is 2.25. The van der Waals surface area contributed by atoms with E-state index in [-0.39, 0.29) is 5.41 Å². The SMILES string of the molecule is CC1(C)CCCN(S(=O)(=O)c2cc(Cl)c(Br)s2)CC1. The first-order chi connectivity index (χ1) is 8.72. The summed E-state index contributed by atoms with van der Waals surface area (Å²) in [6.45, 7) is 5.57. The van der Waals surface area contributed by atoms with Crippen LogP contribution in [0.4, 0.5) is 0 Å². The highest BCUT2D eigenvalue weighted by atomic mass is 79.9. The van der Waals surface area contributed by atoms with Gasteiger partial charge in [0.2, 0.25) is 0 Å². The van der Waals surface area contributed by atoms with E-state index in [1.807, 2.05) is 0 Å². The number of halogens is 2. The van der Waals surface area contributed by atoms with E-state index in [4.69, 9.17) is 11.6 Å². The quantitative estimate of drug-likeness (QED) is 0.757. The molecule has 0 saturated carbocycles. The van der Waals surface area contributed by atoms with E-state index in [0.717, 1.165) is 19.3 Å². The number of hydrogen-bond donors (Lipinski definition) is 0. The van der Waals surface area contributed by atoms with Gasteiger partial charge in [-0.25, -0.2) is 8.42 Å². The Labute approximate surface area is 132 Å². The van der Waals surface area contributed by atoms with E-state index in [1.165, 1.54) is 17.4 Å². The van der Waals surface area contributed by atoms with Gasteiger partial charge in [0.1, 0.15) is 4.21 Å². The number of thiophene rings is 1. The van der Waals surface area contributed by atoms with Crippen molar-refractivity contribution in [1.82, 2.24) is 4.31 Å². The van der Waals surface area contributed by atoms with Gasteiger partial charge in [-0.05, 0) is 46.7 Å². The third-order valence-corrected chi connectivity index (χ3v) is 8.34. The summed E-state index contributed by atoms with van der Waals surface area (Å²) in [7, 11) is -3.40. The Hall–Kier alpha value is 0.380. The van der Waals surface area contributed by atoms with Gasteiger partial charge in [0.25, 0.3) is 10.0 Å². The lowest BCUT2D eigenvalue weighted by Crippen LogP contribution is -2.32. The minimum absolute atomic E-state index is 0.220. The van der Waals surface area contributed by atoms with Crippen LogP contribution in [0.25, 0.3) is 0 Å². The molecule has 0 aromatic carbocycles. The van der Waals surface area contributed by atoms with Crippen LogP contribution >= 0.6 is 38.9 Å². The van der Waals surface area contributed by atoms with Gasteiger partial charge >= 0.3 is 0 Å². The second-order valence-electron chi connectivity index (χ2n) is 5.61. The molecule has 1 aliphatic rings. The summed E-state index contributed by atoms with van der Waals surface area (Å²) in [5.41, 5.74) is 0.220. The van der Waals surface area contributed by atoms with Crippen molar-refractivity contribution in [1.29, 1.82) is 0 Å². The third kappa shape index (κ3) is 3.53. The summed E-state index contributed by atoms with van der Waals surface area (Å²) in [5, 5.41) is 0.457. The van der Waals surface area contributed by atoms with E-state index in [0.29, 0.717) is 26.1 Å². The lowest BCUT2D eigenvalue weighted by molar-refractivity contribution is 0.315. The molecule has 1 saturated heterocycles. The van der Waals surface area contributed by atoms with Gasteiger partial charge in [0.15, 0.2) is 0 Å². The molecule has 3 nitrogen and oxygen atoms in total.